The third-order valence-electron chi connectivity index (χ3n) is 3.19. The van der Waals surface area contributed by atoms with E-state index in [2.05, 4.69) is 24.4 Å². The highest BCUT2D eigenvalue weighted by Crippen LogP contribution is 2.32. The van der Waals surface area contributed by atoms with Gasteiger partial charge >= 0.3 is 0 Å². The van der Waals surface area contributed by atoms with Crippen molar-refractivity contribution < 1.29 is 4.74 Å². The summed E-state index contributed by atoms with van der Waals surface area (Å²) >= 11 is 0. The fraction of sp³-hybridized carbons (Fsp3) is 0.500. The standard InChI is InChI=1S/C14H18N2O/c1-2-16-14-5-3-4-11-6-7-12(10-13(11)14)17-9-8-15/h6-7,10,14,16H,2-5,9H2,1H3. The predicted molar refractivity (Wildman–Crippen MR) is 66.9 cm³/mol. The van der Waals surface area contributed by atoms with E-state index >= 15 is 0 Å². The molecule has 1 unspecified atom stereocenters. The molecule has 1 aliphatic rings. The zero-order valence-electron chi connectivity index (χ0n) is 10.2. The van der Waals surface area contributed by atoms with Crippen LogP contribution in [0.1, 0.15) is 36.9 Å². The molecule has 0 aromatic heterocycles. The molecule has 1 atom stereocenters. The van der Waals surface area contributed by atoms with Crippen LogP contribution in [0.25, 0.3) is 0 Å². The van der Waals surface area contributed by atoms with E-state index in [-0.39, 0.29) is 6.61 Å². The molecule has 90 valence electrons. The molecule has 2 rings (SSSR count). The van der Waals surface area contributed by atoms with Crippen LogP contribution in [-0.4, -0.2) is 13.2 Å². The van der Waals surface area contributed by atoms with E-state index in [1.54, 1.807) is 0 Å². The van der Waals surface area contributed by atoms with Gasteiger partial charge in [-0.3, -0.25) is 0 Å². The fourth-order valence-corrected chi connectivity index (χ4v) is 2.44. The number of nitrogens with one attached hydrogen (secondary N) is 1. The van der Waals surface area contributed by atoms with Gasteiger partial charge in [0.15, 0.2) is 6.61 Å². The average Bonchev–Trinajstić information content (AvgIpc) is 2.37. The molecule has 0 radical (unpaired) electrons. The summed E-state index contributed by atoms with van der Waals surface area (Å²) in [6.45, 7) is 3.22. The van der Waals surface area contributed by atoms with E-state index in [9.17, 15) is 0 Å². The van der Waals surface area contributed by atoms with Crippen LogP contribution < -0.4 is 10.1 Å². The lowest BCUT2D eigenvalue weighted by Gasteiger charge is -2.26. The van der Waals surface area contributed by atoms with Crippen molar-refractivity contribution in [2.24, 2.45) is 0 Å². The van der Waals surface area contributed by atoms with Crippen molar-refractivity contribution in [2.45, 2.75) is 32.2 Å². The maximum Gasteiger partial charge on any atom is 0.174 e. The van der Waals surface area contributed by atoms with Crippen molar-refractivity contribution in [3.05, 3.63) is 29.3 Å². The van der Waals surface area contributed by atoms with E-state index in [0.717, 1.165) is 18.7 Å². The molecule has 1 aliphatic carbocycles. The molecule has 1 N–H and O–H groups in total. The minimum atomic E-state index is 0.116. The molecule has 3 heteroatoms. The summed E-state index contributed by atoms with van der Waals surface area (Å²) in [5, 5.41) is 12.0. The van der Waals surface area contributed by atoms with Crippen LogP contribution in [0.2, 0.25) is 0 Å². The zero-order chi connectivity index (χ0) is 12.1. The van der Waals surface area contributed by atoms with Crippen molar-refractivity contribution in [2.75, 3.05) is 13.2 Å². The van der Waals surface area contributed by atoms with Crippen LogP contribution in [0.4, 0.5) is 0 Å². The van der Waals surface area contributed by atoms with Crippen molar-refractivity contribution >= 4 is 0 Å². The number of aryl methyl sites for hydroxylation is 1. The first-order valence-electron chi connectivity index (χ1n) is 6.21. The largest absolute Gasteiger partial charge is 0.479 e. The Bertz CT molecular complexity index is 423. The van der Waals surface area contributed by atoms with Crippen molar-refractivity contribution in [1.82, 2.24) is 5.32 Å². The number of hydrogen-bond donors (Lipinski definition) is 1. The van der Waals surface area contributed by atoms with Gasteiger partial charge in [0, 0.05) is 6.04 Å². The van der Waals surface area contributed by atoms with Gasteiger partial charge in [0.05, 0.1) is 0 Å². The van der Waals surface area contributed by atoms with Crippen LogP contribution in [0.5, 0.6) is 5.75 Å². The van der Waals surface area contributed by atoms with Gasteiger partial charge in [-0.15, -0.1) is 0 Å². The second kappa shape index (κ2) is 5.70. The molecule has 0 saturated carbocycles. The second-order valence-electron chi connectivity index (χ2n) is 4.31. The summed E-state index contributed by atoms with van der Waals surface area (Å²) in [6, 6.07) is 8.61. The lowest BCUT2D eigenvalue weighted by atomic mass is 9.87. The van der Waals surface area contributed by atoms with Crippen LogP contribution >= 0.6 is 0 Å². The van der Waals surface area contributed by atoms with Gasteiger partial charge in [-0.2, -0.15) is 5.26 Å². The first-order valence-corrected chi connectivity index (χ1v) is 6.21. The van der Waals surface area contributed by atoms with E-state index < -0.39 is 0 Å². The molecule has 0 spiro atoms. The van der Waals surface area contributed by atoms with Gasteiger partial charge < -0.3 is 10.1 Å². The molecule has 1 aromatic rings. The van der Waals surface area contributed by atoms with Crippen LogP contribution in [0, 0.1) is 11.3 Å². The summed E-state index contributed by atoms with van der Waals surface area (Å²) < 4.78 is 5.36. The Hall–Kier alpha value is -1.53. The van der Waals surface area contributed by atoms with Gasteiger partial charge in [-0.1, -0.05) is 13.0 Å². The van der Waals surface area contributed by atoms with Gasteiger partial charge in [-0.05, 0) is 49.1 Å². The number of nitrogens with zero attached hydrogens (tertiary/aromatic N) is 1. The van der Waals surface area contributed by atoms with E-state index in [0.29, 0.717) is 6.04 Å². The number of hydrogen-bond acceptors (Lipinski definition) is 3. The SMILES string of the molecule is CCNC1CCCc2ccc(OCC#N)cc21. The van der Waals surface area contributed by atoms with E-state index in [1.165, 1.54) is 24.0 Å². The second-order valence-corrected chi connectivity index (χ2v) is 4.31. The molecule has 17 heavy (non-hydrogen) atoms. The van der Waals surface area contributed by atoms with Gasteiger partial charge in [0.1, 0.15) is 11.8 Å². The molecule has 0 fully saturated rings. The maximum atomic E-state index is 8.51. The topological polar surface area (TPSA) is 45.0 Å². The zero-order valence-corrected chi connectivity index (χ0v) is 10.2. The maximum absolute atomic E-state index is 8.51. The summed E-state index contributed by atoms with van der Waals surface area (Å²) in [6.07, 6.45) is 3.57. The Labute approximate surface area is 102 Å². The fourth-order valence-electron chi connectivity index (χ4n) is 2.44. The number of ether oxygens (including phenoxy) is 1. The highest BCUT2D eigenvalue weighted by atomic mass is 16.5. The molecular weight excluding hydrogens is 212 g/mol. The van der Waals surface area contributed by atoms with Crippen molar-refractivity contribution in [3.63, 3.8) is 0 Å². The minimum Gasteiger partial charge on any atom is -0.479 e. The third kappa shape index (κ3) is 2.78. The predicted octanol–water partition coefficient (Wildman–Crippen LogP) is 2.58. The van der Waals surface area contributed by atoms with Gasteiger partial charge in [-0.25, -0.2) is 0 Å². The molecule has 3 nitrogen and oxygen atoms in total. The molecule has 0 heterocycles. The van der Waals surface area contributed by atoms with Crippen LogP contribution in [-0.2, 0) is 6.42 Å². The minimum absolute atomic E-state index is 0.116. The highest BCUT2D eigenvalue weighted by molar-refractivity contribution is 5.39. The number of rotatable bonds is 4. The Morgan fingerprint density at radius 1 is 1.53 bits per heavy atom. The van der Waals surface area contributed by atoms with E-state index in [1.807, 2.05) is 12.1 Å². The van der Waals surface area contributed by atoms with Crippen LogP contribution in [0.3, 0.4) is 0 Å². The first-order chi connectivity index (χ1) is 8.35. The van der Waals surface area contributed by atoms with Crippen LogP contribution in [0.15, 0.2) is 18.2 Å². The summed E-state index contributed by atoms with van der Waals surface area (Å²) in [4.78, 5) is 0. The molecule has 1 aromatic carbocycles. The molecule has 0 bridgehead atoms. The Morgan fingerprint density at radius 2 is 2.41 bits per heavy atom. The van der Waals surface area contributed by atoms with Crippen molar-refractivity contribution in [3.8, 4) is 11.8 Å². The normalized spacial score (nSPS) is 18.2. The van der Waals surface area contributed by atoms with Gasteiger partial charge in [0.25, 0.3) is 0 Å². The third-order valence-corrected chi connectivity index (χ3v) is 3.19. The average molecular weight is 230 g/mol. The monoisotopic (exact) mass is 230 g/mol. The Morgan fingerprint density at radius 3 is 3.18 bits per heavy atom. The Balaban J connectivity index is 2.21. The number of nitriles is 1. The highest BCUT2D eigenvalue weighted by Gasteiger charge is 2.19. The molecule has 0 saturated heterocycles. The van der Waals surface area contributed by atoms with Crippen molar-refractivity contribution in [1.29, 1.82) is 5.26 Å². The summed E-state index contributed by atoms with van der Waals surface area (Å²) in [5.41, 5.74) is 2.75. The number of benzene rings is 1. The summed E-state index contributed by atoms with van der Waals surface area (Å²) in [5.74, 6) is 0.801. The Kier molecular flexibility index (Phi) is 4.00. The molecular formula is C14H18N2O. The van der Waals surface area contributed by atoms with Gasteiger partial charge in [0.2, 0.25) is 0 Å². The molecule has 0 amide bonds. The summed E-state index contributed by atoms with van der Waals surface area (Å²) in [7, 11) is 0. The van der Waals surface area contributed by atoms with E-state index in [4.69, 9.17) is 10.00 Å². The number of fused-ring (bicyclic) bond motifs is 1. The first kappa shape index (κ1) is 11.9. The lowest BCUT2D eigenvalue weighted by molar-refractivity contribution is 0.365. The lowest BCUT2D eigenvalue weighted by Crippen LogP contribution is -2.24. The smallest absolute Gasteiger partial charge is 0.174 e. The quantitative estimate of drug-likeness (QED) is 0.864. The molecule has 0 aliphatic heterocycles.